The second-order valence-corrected chi connectivity index (χ2v) is 6.93. The molecule has 0 aliphatic carbocycles. The summed E-state index contributed by atoms with van der Waals surface area (Å²) in [6.45, 7) is 4.64. The molecule has 0 spiro atoms. The molecule has 2 aromatic rings. The minimum absolute atomic E-state index is 0.103. The van der Waals surface area contributed by atoms with Crippen LogP contribution >= 0.6 is 0 Å². The molecule has 5 nitrogen and oxygen atoms in total. The molecule has 0 N–H and O–H groups in total. The standard InChI is InChI=1S/C21H24N2O3/c1-3-23-13-17-7-5-4-6-16(17)11-18(23)21(24)22(2)12-15-8-9-19-20(10-15)26-14-25-19/h4-10,18H,3,11-14H2,1-2H3/t18-/m0/s1. The Hall–Kier alpha value is -2.53. The van der Waals surface area contributed by atoms with Crippen molar-refractivity contribution in [3.63, 3.8) is 0 Å². The fourth-order valence-corrected chi connectivity index (χ4v) is 3.80. The SMILES string of the molecule is CCN1Cc2ccccc2C[C@H]1C(=O)N(C)Cc1ccc2c(c1)OCO2. The second-order valence-electron chi connectivity index (χ2n) is 6.93. The summed E-state index contributed by atoms with van der Waals surface area (Å²) in [5.41, 5.74) is 3.66. The van der Waals surface area contributed by atoms with Gasteiger partial charge in [0, 0.05) is 20.1 Å². The number of hydrogen-bond donors (Lipinski definition) is 0. The van der Waals surface area contributed by atoms with E-state index in [1.165, 1.54) is 11.1 Å². The summed E-state index contributed by atoms with van der Waals surface area (Å²) < 4.78 is 10.8. The highest BCUT2D eigenvalue weighted by atomic mass is 16.7. The number of ether oxygens (including phenoxy) is 2. The Morgan fingerprint density at radius 2 is 1.92 bits per heavy atom. The third-order valence-electron chi connectivity index (χ3n) is 5.27. The van der Waals surface area contributed by atoms with Crippen molar-refractivity contribution in [3.8, 4) is 11.5 Å². The van der Waals surface area contributed by atoms with E-state index >= 15 is 0 Å². The lowest BCUT2D eigenvalue weighted by molar-refractivity contribution is -0.136. The van der Waals surface area contributed by atoms with Crippen molar-refractivity contribution in [2.75, 3.05) is 20.4 Å². The van der Waals surface area contributed by atoms with E-state index in [4.69, 9.17) is 9.47 Å². The first-order chi connectivity index (χ1) is 12.7. The first kappa shape index (κ1) is 16.9. The van der Waals surface area contributed by atoms with Crippen LogP contribution in [0.2, 0.25) is 0 Å². The fourth-order valence-electron chi connectivity index (χ4n) is 3.80. The van der Waals surface area contributed by atoms with E-state index in [1.807, 2.05) is 30.1 Å². The van der Waals surface area contributed by atoms with E-state index in [0.717, 1.165) is 36.6 Å². The summed E-state index contributed by atoms with van der Waals surface area (Å²) in [5.74, 6) is 1.69. The number of hydrogen-bond acceptors (Lipinski definition) is 4. The Morgan fingerprint density at radius 1 is 1.15 bits per heavy atom. The largest absolute Gasteiger partial charge is 0.454 e. The zero-order chi connectivity index (χ0) is 18.1. The van der Waals surface area contributed by atoms with Gasteiger partial charge in [0.1, 0.15) is 0 Å². The first-order valence-corrected chi connectivity index (χ1v) is 9.10. The normalized spacial score (nSPS) is 18.5. The van der Waals surface area contributed by atoms with Gasteiger partial charge < -0.3 is 14.4 Å². The van der Waals surface area contributed by atoms with Crippen molar-refractivity contribution in [2.45, 2.75) is 32.5 Å². The summed E-state index contributed by atoms with van der Waals surface area (Å²) in [5, 5.41) is 0. The molecule has 2 aliphatic rings. The molecule has 2 aromatic carbocycles. The predicted octanol–water partition coefficient (Wildman–Crippen LogP) is 2.82. The molecule has 26 heavy (non-hydrogen) atoms. The van der Waals surface area contributed by atoms with Crippen molar-refractivity contribution in [3.05, 3.63) is 59.2 Å². The van der Waals surface area contributed by atoms with Crippen molar-refractivity contribution < 1.29 is 14.3 Å². The third kappa shape index (κ3) is 3.15. The number of rotatable bonds is 4. The molecule has 4 rings (SSSR count). The molecule has 0 fully saturated rings. The maximum atomic E-state index is 13.1. The van der Waals surface area contributed by atoms with E-state index in [1.54, 1.807) is 0 Å². The lowest BCUT2D eigenvalue weighted by Gasteiger charge is -2.37. The zero-order valence-corrected chi connectivity index (χ0v) is 15.3. The quantitative estimate of drug-likeness (QED) is 0.849. The summed E-state index contributed by atoms with van der Waals surface area (Å²) in [6, 6.07) is 14.2. The molecule has 0 radical (unpaired) electrons. The maximum Gasteiger partial charge on any atom is 0.240 e. The molecule has 136 valence electrons. The minimum atomic E-state index is -0.103. The van der Waals surface area contributed by atoms with Gasteiger partial charge in [-0.2, -0.15) is 0 Å². The molecule has 0 aromatic heterocycles. The van der Waals surface area contributed by atoms with Crippen LogP contribution in [0.5, 0.6) is 11.5 Å². The van der Waals surface area contributed by atoms with Gasteiger partial charge in [-0.25, -0.2) is 0 Å². The van der Waals surface area contributed by atoms with Crippen LogP contribution < -0.4 is 9.47 Å². The summed E-state index contributed by atoms with van der Waals surface area (Å²) in [4.78, 5) is 17.2. The van der Waals surface area contributed by atoms with Crippen molar-refractivity contribution in [2.24, 2.45) is 0 Å². The molecule has 0 bridgehead atoms. The number of nitrogens with zero attached hydrogens (tertiary/aromatic N) is 2. The van der Waals surface area contributed by atoms with E-state index < -0.39 is 0 Å². The van der Waals surface area contributed by atoms with Gasteiger partial charge in [0.15, 0.2) is 11.5 Å². The minimum Gasteiger partial charge on any atom is -0.454 e. The molecule has 5 heteroatoms. The van der Waals surface area contributed by atoms with Gasteiger partial charge in [-0.15, -0.1) is 0 Å². The first-order valence-electron chi connectivity index (χ1n) is 9.10. The van der Waals surface area contributed by atoms with Crippen LogP contribution in [0.4, 0.5) is 0 Å². The smallest absolute Gasteiger partial charge is 0.240 e. The van der Waals surface area contributed by atoms with Crippen LogP contribution in [0, 0.1) is 0 Å². The van der Waals surface area contributed by atoms with Crippen LogP contribution in [0.15, 0.2) is 42.5 Å². The Kier molecular flexibility index (Phi) is 4.55. The van der Waals surface area contributed by atoms with Gasteiger partial charge in [-0.05, 0) is 41.8 Å². The number of likely N-dealkylation sites (N-methyl/N-ethyl adjacent to an activating group) is 2. The summed E-state index contributed by atoms with van der Waals surface area (Å²) in [6.07, 6.45) is 0.772. The van der Waals surface area contributed by atoms with Crippen molar-refractivity contribution in [1.29, 1.82) is 0 Å². The van der Waals surface area contributed by atoms with Crippen LogP contribution in [-0.2, 0) is 24.3 Å². The molecule has 2 aliphatic heterocycles. The average molecular weight is 352 g/mol. The second kappa shape index (κ2) is 7.00. The monoisotopic (exact) mass is 352 g/mol. The highest BCUT2D eigenvalue weighted by Gasteiger charge is 2.32. The Balaban J connectivity index is 1.49. The highest BCUT2D eigenvalue weighted by Crippen LogP contribution is 2.33. The topological polar surface area (TPSA) is 42.0 Å². The van der Waals surface area contributed by atoms with E-state index in [-0.39, 0.29) is 18.7 Å². The highest BCUT2D eigenvalue weighted by molar-refractivity contribution is 5.82. The van der Waals surface area contributed by atoms with Crippen LogP contribution in [-0.4, -0.2) is 42.1 Å². The molecule has 0 saturated carbocycles. The molecule has 0 saturated heterocycles. The number of amides is 1. The molecular formula is C21H24N2O3. The zero-order valence-electron chi connectivity index (χ0n) is 15.3. The molecule has 1 atom stereocenters. The lowest BCUT2D eigenvalue weighted by atomic mass is 9.93. The van der Waals surface area contributed by atoms with E-state index in [2.05, 4.69) is 36.1 Å². The molecule has 0 unspecified atom stereocenters. The Labute approximate surface area is 154 Å². The predicted molar refractivity (Wildman–Crippen MR) is 99.1 cm³/mol. The van der Waals surface area contributed by atoms with Gasteiger partial charge in [0.2, 0.25) is 12.7 Å². The fraction of sp³-hybridized carbons (Fsp3) is 0.381. The number of carbonyl (C=O) groups excluding carboxylic acids is 1. The third-order valence-corrected chi connectivity index (χ3v) is 5.27. The van der Waals surface area contributed by atoms with Gasteiger partial charge in [0.25, 0.3) is 0 Å². The average Bonchev–Trinajstić information content (AvgIpc) is 3.14. The number of carbonyl (C=O) groups is 1. The summed E-state index contributed by atoms with van der Waals surface area (Å²) >= 11 is 0. The number of fused-ring (bicyclic) bond motifs is 2. The van der Waals surface area contributed by atoms with Gasteiger partial charge >= 0.3 is 0 Å². The van der Waals surface area contributed by atoms with Gasteiger partial charge in [0.05, 0.1) is 6.04 Å². The van der Waals surface area contributed by atoms with Gasteiger partial charge in [-0.1, -0.05) is 37.3 Å². The van der Waals surface area contributed by atoms with Crippen molar-refractivity contribution >= 4 is 5.91 Å². The number of benzene rings is 2. The summed E-state index contributed by atoms with van der Waals surface area (Å²) in [7, 11) is 1.88. The van der Waals surface area contributed by atoms with Crippen LogP contribution in [0.3, 0.4) is 0 Å². The van der Waals surface area contributed by atoms with Gasteiger partial charge in [-0.3, -0.25) is 9.69 Å². The molecule has 1 amide bonds. The van der Waals surface area contributed by atoms with Crippen LogP contribution in [0.25, 0.3) is 0 Å². The van der Waals surface area contributed by atoms with E-state index in [0.29, 0.717) is 6.54 Å². The van der Waals surface area contributed by atoms with Crippen molar-refractivity contribution in [1.82, 2.24) is 9.80 Å². The lowest BCUT2D eigenvalue weighted by Crippen LogP contribution is -2.50. The molecular weight excluding hydrogens is 328 g/mol. The van der Waals surface area contributed by atoms with E-state index in [9.17, 15) is 4.79 Å². The molecule has 2 heterocycles. The maximum absolute atomic E-state index is 13.1. The Bertz CT molecular complexity index is 821. The Morgan fingerprint density at radius 3 is 2.73 bits per heavy atom. The van der Waals surface area contributed by atoms with Crippen LogP contribution in [0.1, 0.15) is 23.6 Å².